The van der Waals surface area contributed by atoms with Crippen LogP contribution in [0.25, 0.3) is 10.8 Å². The summed E-state index contributed by atoms with van der Waals surface area (Å²) >= 11 is 0. The highest BCUT2D eigenvalue weighted by atomic mass is 16.2. The second kappa shape index (κ2) is 10.6. The number of hydrogen-bond acceptors (Lipinski definition) is 4. The molecule has 2 aliphatic rings. The Kier molecular flexibility index (Phi) is 7.83. The number of unbranched alkanes of at least 4 members (excludes halogenated alkanes) is 4. The van der Waals surface area contributed by atoms with E-state index in [9.17, 15) is 19.2 Å². The van der Waals surface area contributed by atoms with Crippen molar-refractivity contribution in [2.24, 2.45) is 10.8 Å². The lowest BCUT2D eigenvalue weighted by molar-refractivity contribution is 0.0519. The molecule has 204 valence electrons. The number of benzene rings is 2. The van der Waals surface area contributed by atoms with E-state index in [1.807, 2.05) is 0 Å². The molecule has 0 saturated carbocycles. The van der Waals surface area contributed by atoms with Crippen molar-refractivity contribution < 1.29 is 19.2 Å². The average Bonchev–Trinajstić information content (AvgIpc) is 2.86. The molecule has 0 saturated heterocycles. The Morgan fingerprint density at radius 3 is 1.08 bits per heavy atom. The van der Waals surface area contributed by atoms with Crippen LogP contribution >= 0.6 is 0 Å². The molecule has 4 rings (SSSR count). The molecule has 0 spiro atoms. The molecule has 6 heteroatoms. The molecule has 0 bridgehead atoms. The van der Waals surface area contributed by atoms with Gasteiger partial charge in [-0.05, 0) is 47.9 Å². The predicted molar refractivity (Wildman–Crippen MR) is 151 cm³/mol. The van der Waals surface area contributed by atoms with Crippen LogP contribution in [0.2, 0.25) is 0 Å². The lowest BCUT2D eigenvalue weighted by Crippen LogP contribution is -2.47. The third-order valence-corrected chi connectivity index (χ3v) is 8.15. The van der Waals surface area contributed by atoms with E-state index in [1.54, 1.807) is 24.3 Å². The smallest absolute Gasteiger partial charge is 0.261 e. The average molecular weight is 519 g/mol. The highest BCUT2D eigenvalue weighted by Gasteiger charge is 2.41. The van der Waals surface area contributed by atoms with E-state index in [0.717, 1.165) is 51.4 Å². The monoisotopic (exact) mass is 518 g/mol. The van der Waals surface area contributed by atoms with Crippen LogP contribution in [0, 0.1) is 10.8 Å². The van der Waals surface area contributed by atoms with E-state index < -0.39 is 0 Å². The van der Waals surface area contributed by atoms with Gasteiger partial charge in [0.25, 0.3) is 23.6 Å². The molecule has 2 aromatic carbocycles. The first kappa shape index (κ1) is 28.0. The van der Waals surface area contributed by atoms with Gasteiger partial charge in [0.05, 0.1) is 0 Å². The van der Waals surface area contributed by atoms with Gasteiger partial charge >= 0.3 is 0 Å². The standard InChI is InChI=1S/C32H42N2O4/c1-7-9-11-17-31(3,4)19-33-27(35)21-13-15-23-26-24(16-14-22(25(21)26)28(33)36)30(38)34(29(23)37)20-32(5,6)18-12-10-8-2/h13-16H,7-12,17-20H2,1-6H3. The summed E-state index contributed by atoms with van der Waals surface area (Å²) in [6.07, 6.45) is 8.41. The van der Waals surface area contributed by atoms with Crippen LogP contribution in [0.15, 0.2) is 24.3 Å². The second-order valence-electron chi connectivity index (χ2n) is 12.7. The van der Waals surface area contributed by atoms with E-state index >= 15 is 0 Å². The van der Waals surface area contributed by atoms with E-state index in [2.05, 4.69) is 41.5 Å². The van der Waals surface area contributed by atoms with Crippen molar-refractivity contribution in [3.05, 3.63) is 46.5 Å². The zero-order chi connectivity index (χ0) is 27.8. The van der Waals surface area contributed by atoms with Crippen LogP contribution in [-0.4, -0.2) is 46.5 Å². The molecule has 0 aliphatic carbocycles. The van der Waals surface area contributed by atoms with Gasteiger partial charge in [-0.3, -0.25) is 29.0 Å². The first-order valence-electron chi connectivity index (χ1n) is 14.2. The van der Waals surface area contributed by atoms with Crippen LogP contribution < -0.4 is 0 Å². The van der Waals surface area contributed by atoms with Crippen molar-refractivity contribution in [2.45, 2.75) is 92.9 Å². The molecule has 6 nitrogen and oxygen atoms in total. The Bertz CT molecular complexity index is 1120. The summed E-state index contributed by atoms with van der Waals surface area (Å²) in [5, 5.41) is 0.886. The summed E-state index contributed by atoms with van der Waals surface area (Å²) in [6.45, 7) is 13.3. The van der Waals surface area contributed by atoms with Gasteiger partial charge in [0.15, 0.2) is 0 Å². The Hall–Kier alpha value is -3.02. The summed E-state index contributed by atoms with van der Waals surface area (Å²) in [5.74, 6) is -1.41. The number of carbonyl (C=O) groups is 4. The summed E-state index contributed by atoms with van der Waals surface area (Å²) < 4.78 is 0. The fourth-order valence-electron chi connectivity index (χ4n) is 5.98. The zero-order valence-corrected chi connectivity index (χ0v) is 23.9. The Morgan fingerprint density at radius 2 is 0.816 bits per heavy atom. The molecule has 0 fully saturated rings. The summed E-state index contributed by atoms with van der Waals surface area (Å²) in [6, 6.07) is 6.65. The van der Waals surface area contributed by atoms with E-state index in [1.165, 1.54) is 9.80 Å². The first-order chi connectivity index (χ1) is 17.9. The molecule has 0 N–H and O–H groups in total. The SMILES string of the molecule is CCCCCC(C)(C)CN1C(=O)c2ccc3c4c(ccc(c24)C1=O)C(=O)N(CC(C)(C)CCCCC)C3=O. The summed E-state index contributed by atoms with van der Waals surface area (Å²) in [5.41, 5.74) is 1.13. The maximum atomic E-state index is 13.6. The lowest BCUT2D eigenvalue weighted by atomic mass is 9.82. The highest BCUT2D eigenvalue weighted by molar-refractivity contribution is 6.33. The van der Waals surface area contributed by atoms with E-state index in [0.29, 0.717) is 46.1 Å². The maximum absolute atomic E-state index is 13.6. The van der Waals surface area contributed by atoms with Crippen LogP contribution in [0.3, 0.4) is 0 Å². The van der Waals surface area contributed by atoms with Crippen molar-refractivity contribution in [1.82, 2.24) is 9.80 Å². The third kappa shape index (κ3) is 5.14. The Labute approximate surface area is 226 Å². The highest BCUT2D eigenvalue weighted by Crippen LogP contribution is 2.40. The Balaban J connectivity index is 1.68. The van der Waals surface area contributed by atoms with Crippen molar-refractivity contribution in [3.8, 4) is 0 Å². The number of hydrogen-bond donors (Lipinski definition) is 0. The third-order valence-electron chi connectivity index (χ3n) is 8.15. The van der Waals surface area contributed by atoms with Gasteiger partial charge in [0, 0.05) is 46.1 Å². The van der Waals surface area contributed by atoms with Crippen molar-refractivity contribution >= 4 is 34.4 Å². The molecule has 2 aliphatic heterocycles. The molecular weight excluding hydrogens is 476 g/mol. The number of imide groups is 2. The van der Waals surface area contributed by atoms with Gasteiger partial charge in [-0.25, -0.2) is 0 Å². The maximum Gasteiger partial charge on any atom is 0.261 e. The Morgan fingerprint density at radius 1 is 0.526 bits per heavy atom. The quantitative estimate of drug-likeness (QED) is 0.219. The van der Waals surface area contributed by atoms with Crippen LogP contribution in [0.4, 0.5) is 0 Å². The van der Waals surface area contributed by atoms with Gasteiger partial charge < -0.3 is 0 Å². The number of rotatable bonds is 12. The molecule has 0 aromatic heterocycles. The van der Waals surface area contributed by atoms with Crippen molar-refractivity contribution in [2.75, 3.05) is 13.1 Å². The zero-order valence-electron chi connectivity index (χ0n) is 23.9. The molecule has 0 atom stereocenters. The summed E-state index contributed by atoms with van der Waals surface area (Å²) in [7, 11) is 0. The molecule has 2 heterocycles. The van der Waals surface area contributed by atoms with Crippen molar-refractivity contribution in [1.29, 1.82) is 0 Å². The van der Waals surface area contributed by atoms with Crippen molar-refractivity contribution in [3.63, 3.8) is 0 Å². The fourth-order valence-corrected chi connectivity index (χ4v) is 5.98. The number of carbonyl (C=O) groups excluding carboxylic acids is 4. The van der Waals surface area contributed by atoms with Gasteiger partial charge in [0.1, 0.15) is 0 Å². The van der Waals surface area contributed by atoms with E-state index in [-0.39, 0.29) is 34.5 Å². The normalized spacial score (nSPS) is 15.7. The fraction of sp³-hybridized carbons (Fsp3) is 0.562. The van der Waals surface area contributed by atoms with Crippen LogP contribution in [0.5, 0.6) is 0 Å². The van der Waals surface area contributed by atoms with Crippen LogP contribution in [0.1, 0.15) is 134 Å². The second-order valence-corrected chi connectivity index (χ2v) is 12.7. The minimum absolute atomic E-state index is 0.210. The number of amides is 4. The van der Waals surface area contributed by atoms with Gasteiger partial charge in [-0.1, -0.05) is 80.1 Å². The molecule has 2 aromatic rings. The van der Waals surface area contributed by atoms with Gasteiger partial charge in [-0.2, -0.15) is 0 Å². The largest absolute Gasteiger partial charge is 0.274 e. The number of nitrogens with zero attached hydrogens (tertiary/aromatic N) is 2. The summed E-state index contributed by atoms with van der Waals surface area (Å²) in [4.78, 5) is 57.2. The van der Waals surface area contributed by atoms with Gasteiger partial charge in [0.2, 0.25) is 0 Å². The van der Waals surface area contributed by atoms with E-state index in [4.69, 9.17) is 0 Å². The molecule has 0 radical (unpaired) electrons. The molecular formula is C32H42N2O4. The van der Waals surface area contributed by atoms with Crippen LogP contribution in [-0.2, 0) is 0 Å². The predicted octanol–water partition coefficient (Wildman–Crippen LogP) is 7.24. The minimum Gasteiger partial charge on any atom is -0.274 e. The minimum atomic E-state index is -0.353. The molecule has 0 unspecified atom stereocenters. The topological polar surface area (TPSA) is 74.8 Å². The lowest BCUT2D eigenvalue weighted by Gasteiger charge is -2.37. The molecule has 4 amide bonds. The molecule has 38 heavy (non-hydrogen) atoms. The van der Waals surface area contributed by atoms with Gasteiger partial charge in [-0.15, -0.1) is 0 Å². The first-order valence-corrected chi connectivity index (χ1v) is 14.2.